The van der Waals surface area contributed by atoms with Gasteiger partial charge in [0.1, 0.15) is 5.67 Å². The van der Waals surface area contributed by atoms with Crippen LogP contribution in [0.2, 0.25) is 0 Å². The Hall–Kier alpha value is -0.970. The average Bonchev–Trinajstić information content (AvgIpc) is 3.04. The van der Waals surface area contributed by atoms with E-state index in [4.69, 9.17) is 0 Å². The van der Waals surface area contributed by atoms with Gasteiger partial charge in [0.2, 0.25) is 0 Å². The monoisotopic (exact) mass is 434 g/mol. The molecule has 0 aromatic carbocycles. The van der Waals surface area contributed by atoms with E-state index >= 15 is 0 Å². The summed E-state index contributed by atoms with van der Waals surface area (Å²) < 4.78 is 14.0. The summed E-state index contributed by atoms with van der Waals surface area (Å²) in [5.41, 5.74) is 1.91. The van der Waals surface area contributed by atoms with Crippen LogP contribution in [0.25, 0.3) is 0 Å². The van der Waals surface area contributed by atoms with Gasteiger partial charge >= 0.3 is 0 Å². The molecule has 3 nitrogen and oxygen atoms in total. The zero-order valence-electron chi connectivity index (χ0n) is 19.9. The molecular formula is C27H43FO3. The molecule has 0 amide bonds. The smallest absolute Gasteiger partial charge is 0.131 e. The molecule has 0 heterocycles. The van der Waals surface area contributed by atoms with E-state index < -0.39 is 24.0 Å². The van der Waals surface area contributed by atoms with Gasteiger partial charge in [0.05, 0.1) is 18.3 Å². The van der Waals surface area contributed by atoms with E-state index in [1.165, 1.54) is 45.1 Å². The van der Waals surface area contributed by atoms with Crippen LogP contribution in [0.3, 0.4) is 0 Å². The normalized spacial score (nSPS) is 39.0. The fourth-order valence-electron chi connectivity index (χ4n) is 6.64. The molecule has 3 aliphatic carbocycles. The minimum atomic E-state index is -1.54. The molecule has 0 aromatic heterocycles. The predicted molar refractivity (Wildman–Crippen MR) is 124 cm³/mol. The Balaban J connectivity index is 1.71. The summed E-state index contributed by atoms with van der Waals surface area (Å²) >= 11 is 0. The van der Waals surface area contributed by atoms with Crippen LogP contribution in [-0.4, -0.2) is 39.3 Å². The van der Waals surface area contributed by atoms with Crippen molar-refractivity contribution in [2.75, 3.05) is 0 Å². The van der Waals surface area contributed by atoms with Crippen molar-refractivity contribution in [2.45, 2.75) is 109 Å². The maximum absolute atomic E-state index is 14.0. The van der Waals surface area contributed by atoms with E-state index in [0.717, 1.165) is 24.0 Å². The van der Waals surface area contributed by atoms with Crippen LogP contribution >= 0.6 is 0 Å². The molecule has 3 N–H and O–H groups in total. The number of halogens is 1. The van der Waals surface area contributed by atoms with Crippen molar-refractivity contribution in [2.24, 2.45) is 23.2 Å². The van der Waals surface area contributed by atoms with E-state index in [1.54, 1.807) is 0 Å². The Labute approximate surface area is 188 Å². The van der Waals surface area contributed by atoms with Crippen LogP contribution in [0.4, 0.5) is 4.39 Å². The van der Waals surface area contributed by atoms with Crippen LogP contribution in [-0.2, 0) is 0 Å². The molecule has 0 saturated heterocycles. The molecule has 3 unspecified atom stereocenters. The molecule has 3 saturated carbocycles. The van der Waals surface area contributed by atoms with Crippen LogP contribution in [0.1, 0.15) is 85.5 Å². The summed E-state index contributed by atoms with van der Waals surface area (Å²) in [6.07, 6.45) is 10.5. The van der Waals surface area contributed by atoms with Gasteiger partial charge in [0.15, 0.2) is 0 Å². The number of aliphatic hydroxyl groups excluding tert-OH is 3. The summed E-state index contributed by atoms with van der Waals surface area (Å²) in [5.74, 6) is 1.62. The lowest BCUT2D eigenvalue weighted by Gasteiger charge is -2.44. The molecule has 0 bridgehead atoms. The molecule has 31 heavy (non-hydrogen) atoms. The fraction of sp³-hybridized carbons (Fsp3) is 0.778. The SMILES string of the molecule is C=C1/C(=C\C=C2/CCC[C@@]3(C)C2CC[C@@H]3[C@H](C)CCC(O)C(C)(C)F)C[C@@H](O)CC1O. The van der Waals surface area contributed by atoms with Gasteiger partial charge in [0, 0.05) is 6.42 Å². The maximum atomic E-state index is 14.0. The van der Waals surface area contributed by atoms with Crippen molar-refractivity contribution in [1.82, 2.24) is 0 Å². The molecule has 0 spiro atoms. The zero-order chi connectivity index (χ0) is 23.0. The third-order valence-electron chi connectivity index (χ3n) is 8.68. The van der Waals surface area contributed by atoms with Crippen molar-refractivity contribution in [3.8, 4) is 0 Å². The average molecular weight is 435 g/mol. The van der Waals surface area contributed by atoms with Gasteiger partial charge in [0.25, 0.3) is 0 Å². The largest absolute Gasteiger partial charge is 0.393 e. The third kappa shape index (κ3) is 5.34. The topological polar surface area (TPSA) is 60.7 Å². The molecule has 176 valence electrons. The molecule has 7 atom stereocenters. The molecule has 0 radical (unpaired) electrons. The van der Waals surface area contributed by atoms with E-state index in [0.29, 0.717) is 37.0 Å². The number of alkyl halides is 1. The Bertz CT molecular complexity index is 718. The summed E-state index contributed by atoms with van der Waals surface area (Å²) in [7, 11) is 0. The highest BCUT2D eigenvalue weighted by molar-refractivity contribution is 5.38. The van der Waals surface area contributed by atoms with Crippen LogP contribution in [0.15, 0.2) is 35.5 Å². The third-order valence-corrected chi connectivity index (χ3v) is 8.68. The van der Waals surface area contributed by atoms with Crippen molar-refractivity contribution in [1.29, 1.82) is 0 Å². The predicted octanol–water partition coefficient (Wildman–Crippen LogP) is 5.65. The Kier molecular flexibility index (Phi) is 7.55. The second-order valence-corrected chi connectivity index (χ2v) is 11.3. The van der Waals surface area contributed by atoms with Gasteiger partial charge in [-0.1, -0.05) is 38.2 Å². The van der Waals surface area contributed by atoms with Crippen molar-refractivity contribution < 1.29 is 19.7 Å². The Morgan fingerprint density at radius 2 is 1.94 bits per heavy atom. The summed E-state index contributed by atoms with van der Waals surface area (Å²) in [5, 5.41) is 30.3. The number of rotatable bonds is 6. The first kappa shape index (κ1) is 24.7. The molecule has 3 rings (SSSR count). The lowest BCUT2D eigenvalue weighted by Crippen LogP contribution is -2.37. The number of hydrogen-bond acceptors (Lipinski definition) is 3. The van der Waals surface area contributed by atoms with E-state index in [1.807, 2.05) is 0 Å². The van der Waals surface area contributed by atoms with Gasteiger partial charge in [-0.3, -0.25) is 0 Å². The van der Waals surface area contributed by atoms with Crippen LogP contribution < -0.4 is 0 Å². The molecule has 4 heteroatoms. The highest BCUT2D eigenvalue weighted by Gasteiger charge is 2.50. The van der Waals surface area contributed by atoms with Gasteiger partial charge in [-0.2, -0.15) is 0 Å². The first-order valence-electron chi connectivity index (χ1n) is 12.3. The number of fused-ring (bicyclic) bond motifs is 1. The van der Waals surface area contributed by atoms with Gasteiger partial charge < -0.3 is 15.3 Å². The van der Waals surface area contributed by atoms with Gasteiger partial charge in [-0.05, 0) is 99.5 Å². The lowest BCUT2D eigenvalue weighted by molar-refractivity contribution is 0.00301. The Morgan fingerprint density at radius 1 is 1.23 bits per heavy atom. The van der Waals surface area contributed by atoms with Crippen LogP contribution in [0.5, 0.6) is 0 Å². The summed E-state index contributed by atoms with van der Waals surface area (Å²) in [6, 6.07) is 0. The molecule has 3 aliphatic rings. The summed E-state index contributed by atoms with van der Waals surface area (Å²) in [4.78, 5) is 0. The first-order chi connectivity index (χ1) is 14.4. The van der Waals surface area contributed by atoms with Crippen molar-refractivity contribution in [3.05, 3.63) is 35.5 Å². The maximum Gasteiger partial charge on any atom is 0.131 e. The highest BCUT2D eigenvalue weighted by Crippen LogP contribution is 2.60. The van der Waals surface area contributed by atoms with Gasteiger partial charge in [-0.25, -0.2) is 4.39 Å². The molecular weight excluding hydrogens is 391 g/mol. The fourth-order valence-corrected chi connectivity index (χ4v) is 6.64. The number of allylic oxidation sites excluding steroid dienone is 3. The second kappa shape index (κ2) is 9.49. The number of aliphatic hydroxyl groups is 3. The lowest BCUT2D eigenvalue weighted by atomic mass is 9.60. The zero-order valence-corrected chi connectivity index (χ0v) is 19.9. The minimum Gasteiger partial charge on any atom is -0.393 e. The minimum absolute atomic E-state index is 0.251. The summed E-state index contributed by atoms with van der Waals surface area (Å²) in [6.45, 7) is 11.7. The van der Waals surface area contributed by atoms with Crippen molar-refractivity contribution >= 4 is 0 Å². The van der Waals surface area contributed by atoms with Gasteiger partial charge in [-0.15, -0.1) is 0 Å². The first-order valence-corrected chi connectivity index (χ1v) is 12.3. The number of hydrogen-bond donors (Lipinski definition) is 3. The molecule has 3 fully saturated rings. The van der Waals surface area contributed by atoms with E-state index in [2.05, 4.69) is 32.6 Å². The Morgan fingerprint density at radius 3 is 2.61 bits per heavy atom. The standard InChI is InChI=1S/C27H43FO3/c1-17(8-13-25(31)26(3,4)28)22-11-12-23-19(7-6-14-27(22,23)5)9-10-20-15-21(29)16-24(30)18(20)2/h9-10,17,21-25,29-31H,2,6-8,11-16H2,1,3-5H3/b19-9+,20-10-/t17-,21-,22-,23?,24?,25?,27-/m1/s1. The van der Waals surface area contributed by atoms with Crippen LogP contribution in [0, 0.1) is 23.2 Å². The molecule has 0 aromatic rings. The van der Waals surface area contributed by atoms with E-state index in [9.17, 15) is 19.7 Å². The highest BCUT2D eigenvalue weighted by atomic mass is 19.1. The van der Waals surface area contributed by atoms with E-state index in [-0.39, 0.29) is 5.41 Å². The second-order valence-electron chi connectivity index (χ2n) is 11.3. The van der Waals surface area contributed by atoms with Crippen molar-refractivity contribution in [3.63, 3.8) is 0 Å². The molecule has 0 aliphatic heterocycles. The quantitative estimate of drug-likeness (QED) is 0.506.